The number of aliphatic hydroxyl groups excluding tert-OH is 1. The molecule has 0 saturated carbocycles. The van der Waals surface area contributed by atoms with E-state index in [0.717, 1.165) is 11.1 Å². The van der Waals surface area contributed by atoms with Gasteiger partial charge in [-0.3, -0.25) is 0 Å². The van der Waals surface area contributed by atoms with Crippen molar-refractivity contribution >= 4 is 17.2 Å². The van der Waals surface area contributed by atoms with Crippen LogP contribution in [0.2, 0.25) is 5.02 Å². The van der Waals surface area contributed by atoms with E-state index in [4.69, 9.17) is 22.1 Å². The van der Waals surface area contributed by atoms with Crippen molar-refractivity contribution in [2.45, 2.75) is 20.0 Å². The predicted octanol–water partition coefficient (Wildman–Crippen LogP) is 4.61. The highest BCUT2D eigenvalue weighted by atomic mass is 35.5. The van der Waals surface area contributed by atoms with Crippen LogP contribution in [0.4, 0.5) is 0 Å². The van der Waals surface area contributed by atoms with Crippen molar-refractivity contribution in [1.29, 1.82) is 0 Å². The summed E-state index contributed by atoms with van der Waals surface area (Å²) in [6.45, 7) is 11.0. The average molecular weight is 306 g/mol. The molecule has 4 heteroatoms. The SMILES string of the molecule is C=C(O)C(=C)/C=C(\C=C/N)c1ccc(OC(C)C)c(Cl)c1. The van der Waals surface area contributed by atoms with E-state index >= 15 is 0 Å². The Morgan fingerprint density at radius 1 is 1.38 bits per heavy atom. The maximum atomic E-state index is 9.34. The van der Waals surface area contributed by atoms with Crippen LogP contribution < -0.4 is 10.5 Å². The van der Waals surface area contributed by atoms with Gasteiger partial charge in [-0.05, 0) is 55.5 Å². The van der Waals surface area contributed by atoms with E-state index in [2.05, 4.69) is 13.2 Å². The van der Waals surface area contributed by atoms with Gasteiger partial charge < -0.3 is 15.6 Å². The zero-order valence-corrected chi connectivity index (χ0v) is 13.0. The number of ether oxygens (including phenoxy) is 1. The number of benzene rings is 1. The highest BCUT2D eigenvalue weighted by Crippen LogP contribution is 2.30. The van der Waals surface area contributed by atoms with Crippen molar-refractivity contribution in [3.63, 3.8) is 0 Å². The van der Waals surface area contributed by atoms with Crippen molar-refractivity contribution < 1.29 is 9.84 Å². The molecule has 0 atom stereocenters. The van der Waals surface area contributed by atoms with Gasteiger partial charge in [0, 0.05) is 5.57 Å². The first-order valence-corrected chi connectivity index (χ1v) is 6.86. The summed E-state index contributed by atoms with van der Waals surface area (Å²) in [6, 6.07) is 5.44. The molecule has 0 fully saturated rings. The topological polar surface area (TPSA) is 55.5 Å². The van der Waals surface area contributed by atoms with Gasteiger partial charge in [0.1, 0.15) is 11.5 Å². The van der Waals surface area contributed by atoms with E-state index in [-0.39, 0.29) is 11.9 Å². The van der Waals surface area contributed by atoms with Gasteiger partial charge in [0.15, 0.2) is 0 Å². The van der Waals surface area contributed by atoms with Gasteiger partial charge in [-0.15, -0.1) is 0 Å². The van der Waals surface area contributed by atoms with E-state index in [1.165, 1.54) is 6.20 Å². The Bertz CT molecular complexity index is 601. The average Bonchev–Trinajstić information content (AvgIpc) is 2.40. The first-order chi connectivity index (χ1) is 9.85. The van der Waals surface area contributed by atoms with E-state index in [1.807, 2.05) is 19.9 Å². The number of hydrogen-bond donors (Lipinski definition) is 2. The van der Waals surface area contributed by atoms with Crippen LogP contribution in [-0.2, 0) is 0 Å². The van der Waals surface area contributed by atoms with Crippen molar-refractivity contribution in [1.82, 2.24) is 0 Å². The van der Waals surface area contributed by atoms with E-state index in [9.17, 15) is 5.11 Å². The monoisotopic (exact) mass is 305 g/mol. The third-order valence-corrected chi connectivity index (χ3v) is 2.90. The lowest BCUT2D eigenvalue weighted by Gasteiger charge is -2.13. The fraction of sp³-hybridized carbons (Fsp3) is 0.176. The first kappa shape index (κ1) is 16.9. The molecule has 3 N–H and O–H groups in total. The third kappa shape index (κ3) is 5.04. The summed E-state index contributed by atoms with van der Waals surface area (Å²) in [5, 5.41) is 9.85. The summed E-state index contributed by atoms with van der Waals surface area (Å²) < 4.78 is 5.59. The molecule has 1 aromatic carbocycles. The smallest absolute Gasteiger partial charge is 0.138 e. The molecule has 1 rings (SSSR count). The highest BCUT2D eigenvalue weighted by molar-refractivity contribution is 6.32. The van der Waals surface area contributed by atoms with Crippen molar-refractivity contribution in [2.75, 3.05) is 0 Å². The van der Waals surface area contributed by atoms with E-state index in [0.29, 0.717) is 16.3 Å². The lowest BCUT2D eigenvalue weighted by atomic mass is 10.0. The summed E-state index contributed by atoms with van der Waals surface area (Å²) in [5.41, 5.74) is 7.46. The lowest BCUT2D eigenvalue weighted by molar-refractivity contribution is 0.242. The van der Waals surface area contributed by atoms with Crippen molar-refractivity contribution in [3.05, 3.63) is 71.6 Å². The minimum Gasteiger partial charge on any atom is -0.508 e. The number of hydrogen-bond acceptors (Lipinski definition) is 3. The van der Waals surface area contributed by atoms with Crippen LogP contribution in [0.5, 0.6) is 5.75 Å². The van der Waals surface area contributed by atoms with Crippen LogP contribution >= 0.6 is 11.6 Å². The normalized spacial score (nSPS) is 11.9. The molecule has 112 valence electrons. The standard InChI is InChI=1S/C17H20ClNO2/c1-11(2)21-17-6-5-14(10-16(17)18)15(7-8-19)9-12(3)13(4)20/h5-11,20H,3-4,19H2,1-2H3/b8-7-,15-9+. The Morgan fingerprint density at radius 3 is 2.52 bits per heavy atom. The minimum atomic E-state index is -0.0937. The van der Waals surface area contributed by atoms with Gasteiger partial charge in [-0.1, -0.05) is 30.8 Å². The zero-order valence-electron chi connectivity index (χ0n) is 12.3. The second-order valence-electron chi connectivity index (χ2n) is 4.74. The van der Waals surface area contributed by atoms with Crippen LogP contribution in [0, 0.1) is 0 Å². The van der Waals surface area contributed by atoms with Gasteiger partial charge >= 0.3 is 0 Å². The summed E-state index contributed by atoms with van der Waals surface area (Å²) in [7, 11) is 0. The fourth-order valence-corrected chi connectivity index (χ4v) is 1.86. The summed E-state index contributed by atoms with van der Waals surface area (Å²) in [6.07, 6.45) is 4.83. The Kier molecular flexibility index (Phi) is 6.12. The molecule has 0 aromatic heterocycles. The number of nitrogens with two attached hydrogens (primary N) is 1. The molecule has 21 heavy (non-hydrogen) atoms. The number of aliphatic hydroxyl groups is 1. The van der Waals surface area contributed by atoms with E-state index < -0.39 is 0 Å². The summed E-state index contributed by atoms with van der Waals surface area (Å²) in [4.78, 5) is 0. The maximum Gasteiger partial charge on any atom is 0.138 e. The maximum absolute atomic E-state index is 9.34. The van der Waals surface area contributed by atoms with Crippen LogP contribution in [-0.4, -0.2) is 11.2 Å². The second kappa shape index (κ2) is 7.60. The zero-order chi connectivity index (χ0) is 16.0. The Hall–Kier alpha value is -2.13. The molecule has 0 aliphatic heterocycles. The van der Waals surface area contributed by atoms with Crippen molar-refractivity contribution in [2.24, 2.45) is 5.73 Å². The molecule has 0 saturated heterocycles. The Morgan fingerprint density at radius 2 is 2.05 bits per heavy atom. The van der Waals surface area contributed by atoms with Crippen LogP contribution in [0.25, 0.3) is 5.57 Å². The molecule has 0 aliphatic rings. The molecule has 0 spiro atoms. The van der Waals surface area contributed by atoms with Gasteiger partial charge in [0.25, 0.3) is 0 Å². The molecule has 1 aromatic rings. The minimum absolute atomic E-state index is 0.0461. The fourth-order valence-electron chi connectivity index (χ4n) is 1.63. The molecular weight excluding hydrogens is 286 g/mol. The number of allylic oxidation sites excluding steroid dienone is 3. The number of rotatable bonds is 6. The Balaban J connectivity index is 3.19. The van der Waals surface area contributed by atoms with Gasteiger partial charge in [0.05, 0.1) is 11.1 Å². The summed E-state index contributed by atoms with van der Waals surface area (Å²) in [5.74, 6) is 0.528. The van der Waals surface area contributed by atoms with Gasteiger partial charge in [-0.2, -0.15) is 0 Å². The molecule has 0 bridgehead atoms. The van der Waals surface area contributed by atoms with Crippen LogP contribution in [0.15, 0.2) is 61.0 Å². The summed E-state index contributed by atoms with van der Waals surface area (Å²) >= 11 is 6.22. The number of halogens is 1. The van der Waals surface area contributed by atoms with Gasteiger partial charge in [0.2, 0.25) is 0 Å². The molecular formula is C17H20ClNO2. The largest absolute Gasteiger partial charge is 0.508 e. The Labute approximate surface area is 130 Å². The molecule has 0 aliphatic carbocycles. The van der Waals surface area contributed by atoms with Crippen LogP contribution in [0.3, 0.4) is 0 Å². The first-order valence-electron chi connectivity index (χ1n) is 6.48. The molecule has 0 radical (unpaired) electrons. The lowest BCUT2D eigenvalue weighted by Crippen LogP contribution is -2.05. The second-order valence-corrected chi connectivity index (χ2v) is 5.15. The van der Waals surface area contributed by atoms with E-state index in [1.54, 1.807) is 24.3 Å². The molecule has 0 unspecified atom stereocenters. The molecule has 0 amide bonds. The highest BCUT2D eigenvalue weighted by Gasteiger charge is 2.07. The van der Waals surface area contributed by atoms with Crippen LogP contribution in [0.1, 0.15) is 19.4 Å². The predicted molar refractivity (Wildman–Crippen MR) is 89.4 cm³/mol. The molecule has 0 heterocycles. The van der Waals surface area contributed by atoms with Crippen molar-refractivity contribution in [3.8, 4) is 5.75 Å². The molecule has 3 nitrogen and oxygen atoms in total. The quantitative estimate of drug-likeness (QED) is 0.596. The third-order valence-electron chi connectivity index (χ3n) is 2.60. The van der Waals surface area contributed by atoms with Gasteiger partial charge in [-0.25, -0.2) is 0 Å².